The van der Waals surface area contributed by atoms with Crippen LogP contribution < -0.4 is 27.4 Å². The van der Waals surface area contributed by atoms with E-state index in [-0.39, 0.29) is 19.3 Å². The molecule has 0 saturated carbocycles. The number of amides is 4. The number of rotatable bonds is 16. The molecule has 0 aliphatic carbocycles. The standard InChI is InChI=1S/C24H35N5O8/c1-3-13(2)20(29-21(33)15(25)12-19(31)32)23(35)27-16(9-10-18(26)30)22(34)28-17(24(36)37)11-14-7-5-4-6-8-14/h4-8,13,15-17,20H,3,9-12,25H2,1-2H3,(H2,26,30)(H,27,35)(H,28,34)(H,29,33)(H,31,32)(H,36,37). The van der Waals surface area contributed by atoms with Crippen molar-refractivity contribution in [2.45, 2.75) is 70.1 Å². The lowest BCUT2D eigenvalue weighted by molar-refractivity contribution is -0.142. The van der Waals surface area contributed by atoms with Crippen LogP contribution in [0.2, 0.25) is 0 Å². The summed E-state index contributed by atoms with van der Waals surface area (Å²) >= 11 is 0. The molecule has 13 heteroatoms. The fourth-order valence-electron chi connectivity index (χ4n) is 3.38. The van der Waals surface area contributed by atoms with Gasteiger partial charge in [-0.2, -0.15) is 0 Å². The van der Waals surface area contributed by atoms with E-state index < -0.39 is 72.1 Å². The predicted octanol–water partition coefficient (Wildman–Crippen LogP) is -1.12. The van der Waals surface area contributed by atoms with E-state index in [2.05, 4.69) is 16.0 Å². The Morgan fingerprint density at radius 1 is 0.892 bits per heavy atom. The first-order chi connectivity index (χ1) is 17.3. The Labute approximate surface area is 214 Å². The SMILES string of the molecule is CCC(C)C(NC(=O)C(N)CC(=O)O)C(=O)NC(CCC(N)=O)C(=O)NC(Cc1ccccc1)C(=O)O. The van der Waals surface area contributed by atoms with Crippen molar-refractivity contribution in [1.29, 1.82) is 0 Å². The van der Waals surface area contributed by atoms with Crippen LogP contribution in [0.15, 0.2) is 30.3 Å². The fraction of sp³-hybridized carbons (Fsp3) is 0.500. The number of aliphatic carboxylic acids is 2. The largest absolute Gasteiger partial charge is 0.481 e. The van der Waals surface area contributed by atoms with Crippen molar-refractivity contribution in [2.24, 2.45) is 17.4 Å². The van der Waals surface area contributed by atoms with E-state index >= 15 is 0 Å². The van der Waals surface area contributed by atoms with E-state index in [0.717, 1.165) is 0 Å². The molecule has 5 unspecified atom stereocenters. The Morgan fingerprint density at radius 3 is 2.00 bits per heavy atom. The van der Waals surface area contributed by atoms with E-state index in [1.807, 2.05) is 0 Å². The smallest absolute Gasteiger partial charge is 0.326 e. The molecule has 204 valence electrons. The van der Waals surface area contributed by atoms with Gasteiger partial charge in [-0.15, -0.1) is 0 Å². The van der Waals surface area contributed by atoms with Gasteiger partial charge >= 0.3 is 11.9 Å². The van der Waals surface area contributed by atoms with E-state index in [1.54, 1.807) is 44.2 Å². The maximum Gasteiger partial charge on any atom is 0.326 e. The first kappa shape index (κ1) is 31.0. The Bertz CT molecular complexity index is 971. The Hall–Kier alpha value is -4.00. The molecule has 0 fully saturated rings. The van der Waals surface area contributed by atoms with Crippen LogP contribution in [-0.2, 0) is 35.2 Å². The van der Waals surface area contributed by atoms with Crippen molar-refractivity contribution in [3.8, 4) is 0 Å². The van der Waals surface area contributed by atoms with Gasteiger partial charge in [-0.3, -0.25) is 24.0 Å². The summed E-state index contributed by atoms with van der Waals surface area (Å²) in [4.78, 5) is 72.4. The molecule has 0 bridgehead atoms. The molecule has 0 aliphatic heterocycles. The van der Waals surface area contributed by atoms with Gasteiger partial charge in [-0.05, 0) is 17.9 Å². The quantitative estimate of drug-likeness (QED) is 0.139. The van der Waals surface area contributed by atoms with Gasteiger partial charge in [0.1, 0.15) is 18.1 Å². The molecule has 0 radical (unpaired) electrons. The molecule has 0 aliphatic rings. The second kappa shape index (κ2) is 15.2. The molecule has 37 heavy (non-hydrogen) atoms. The molecule has 1 rings (SSSR count). The maximum atomic E-state index is 13.1. The summed E-state index contributed by atoms with van der Waals surface area (Å²) in [5.74, 6) is -6.27. The minimum absolute atomic E-state index is 0.0224. The molecule has 13 nitrogen and oxygen atoms in total. The third-order valence-corrected chi connectivity index (χ3v) is 5.73. The summed E-state index contributed by atoms with van der Waals surface area (Å²) in [5, 5.41) is 25.7. The second-order valence-electron chi connectivity index (χ2n) is 8.73. The number of primary amides is 1. The van der Waals surface area contributed by atoms with Gasteiger partial charge in [-0.25, -0.2) is 4.79 Å². The minimum Gasteiger partial charge on any atom is -0.481 e. The lowest BCUT2D eigenvalue weighted by Crippen LogP contribution is -2.59. The predicted molar refractivity (Wildman–Crippen MR) is 132 cm³/mol. The number of hydrogen-bond donors (Lipinski definition) is 7. The maximum absolute atomic E-state index is 13.1. The summed E-state index contributed by atoms with van der Waals surface area (Å²) in [6.07, 6.45) is -0.737. The van der Waals surface area contributed by atoms with Crippen LogP contribution in [0.3, 0.4) is 0 Å². The van der Waals surface area contributed by atoms with Crippen LogP contribution in [0.5, 0.6) is 0 Å². The summed E-state index contributed by atoms with van der Waals surface area (Å²) in [7, 11) is 0. The third-order valence-electron chi connectivity index (χ3n) is 5.73. The van der Waals surface area contributed by atoms with E-state index in [1.165, 1.54) is 0 Å². The van der Waals surface area contributed by atoms with Crippen LogP contribution in [0.25, 0.3) is 0 Å². The number of carboxylic acids is 2. The molecule has 9 N–H and O–H groups in total. The summed E-state index contributed by atoms with van der Waals surface area (Å²) in [6.45, 7) is 3.42. The highest BCUT2D eigenvalue weighted by Gasteiger charge is 2.33. The molecule has 0 aromatic heterocycles. The number of nitrogens with one attached hydrogen (secondary N) is 3. The van der Waals surface area contributed by atoms with Gasteiger partial charge in [0, 0.05) is 12.8 Å². The van der Waals surface area contributed by atoms with Gasteiger partial charge in [0.25, 0.3) is 0 Å². The van der Waals surface area contributed by atoms with Crippen molar-refractivity contribution in [3.05, 3.63) is 35.9 Å². The molecule has 5 atom stereocenters. The van der Waals surface area contributed by atoms with Gasteiger partial charge in [-0.1, -0.05) is 50.6 Å². The molecule has 4 amide bonds. The zero-order chi connectivity index (χ0) is 28.1. The van der Waals surface area contributed by atoms with Crippen LogP contribution >= 0.6 is 0 Å². The average Bonchev–Trinajstić information content (AvgIpc) is 2.83. The first-order valence-corrected chi connectivity index (χ1v) is 11.8. The number of benzene rings is 1. The Kier molecular flexibility index (Phi) is 12.7. The summed E-state index contributed by atoms with van der Waals surface area (Å²) < 4.78 is 0. The molecule has 0 saturated heterocycles. The highest BCUT2D eigenvalue weighted by atomic mass is 16.4. The lowest BCUT2D eigenvalue weighted by Gasteiger charge is -2.27. The Morgan fingerprint density at radius 2 is 1.49 bits per heavy atom. The van der Waals surface area contributed by atoms with Crippen molar-refractivity contribution in [3.63, 3.8) is 0 Å². The molecule has 1 aromatic rings. The van der Waals surface area contributed by atoms with E-state index in [4.69, 9.17) is 16.6 Å². The number of nitrogens with two attached hydrogens (primary N) is 2. The van der Waals surface area contributed by atoms with E-state index in [9.17, 15) is 33.9 Å². The molecule has 1 aromatic carbocycles. The zero-order valence-corrected chi connectivity index (χ0v) is 20.8. The minimum atomic E-state index is -1.40. The van der Waals surface area contributed by atoms with Crippen molar-refractivity contribution in [2.75, 3.05) is 0 Å². The van der Waals surface area contributed by atoms with Crippen LogP contribution in [-0.4, -0.2) is 69.9 Å². The number of carboxylic acid groups (broad SMARTS) is 2. The van der Waals surface area contributed by atoms with Gasteiger partial charge in [0.2, 0.25) is 23.6 Å². The number of carbonyl (C=O) groups is 6. The highest BCUT2D eigenvalue weighted by Crippen LogP contribution is 2.11. The molecule has 0 spiro atoms. The van der Waals surface area contributed by atoms with Gasteiger partial charge in [0.15, 0.2) is 0 Å². The van der Waals surface area contributed by atoms with Gasteiger partial charge < -0.3 is 37.6 Å². The number of hydrogen-bond acceptors (Lipinski definition) is 7. The second-order valence-corrected chi connectivity index (χ2v) is 8.73. The molecule has 0 heterocycles. The first-order valence-electron chi connectivity index (χ1n) is 11.8. The van der Waals surface area contributed by atoms with E-state index in [0.29, 0.717) is 12.0 Å². The summed E-state index contributed by atoms with van der Waals surface area (Å²) in [5.41, 5.74) is 11.4. The fourth-order valence-corrected chi connectivity index (χ4v) is 3.38. The molecular formula is C24H35N5O8. The van der Waals surface area contributed by atoms with Gasteiger partial charge in [0.05, 0.1) is 12.5 Å². The van der Waals surface area contributed by atoms with Crippen molar-refractivity contribution < 1.29 is 39.0 Å². The van der Waals surface area contributed by atoms with Crippen molar-refractivity contribution >= 4 is 35.6 Å². The lowest BCUT2D eigenvalue weighted by atomic mass is 9.97. The van der Waals surface area contributed by atoms with Crippen LogP contribution in [0.1, 0.15) is 45.1 Å². The topological polar surface area (TPSA) is 231 Å². The highest BCUT2D eigenvalue weighted by molar-refractivity contribution is 5.95. The summed E-state index contributed by atoms with van der Waals surface area (Å²) in [6, 6.07) is 3.35. The monoisotopic (exact) mass is 521 g/mol. The van der Waals surface area contributed by atoms with Crippen LogP contribution in [0.4, 0.5) is 0 Å². The average molecular weight is 522 g/mol. The number of carbonyl (C=O) groups excluding carboxylic acids is 4. The zero-order valence-electron chi connectivity index (χ0n) is 20.8. The third kappa shape index (κ3) is 11.1. The van der Waals surface area contributed by atoms with Crippen LogP contribution in [0, 0.1) is 5.92 Å². The Balaban J connectivity index is 3.06. The normalized spacial score (nSPS) is 14.8. The molecular weight excluding hydrogens is 486 g/mol. The van der Waals surface area contributed by atoms with Crippen molar-refractivity contribution in [1.82, 2.24) is 16.0 Å².